The fourth-order valence-corrected chi connectivity index (χ4v) is 12.3. The molecule has 2 heterocycles. The van der Waals surface area contributed by atoms with E-state index >= 15 is 0 Å². The highest BCUT2D eigenvalue weighted by Gasteiger charge is 2.53. The molecule has 6 rings (SSSR count). The molecule has 11 unspecified atom stereocenters. The Bertz CT molecular complexity index is 1080. The van der Waals surface area contributed by atoms with Gasteiger partial charge in [-0.1, -0.05) is 52.9 Å². The van der Waals surface area contributed by atoms with Crippen LogP contribution in [-0.2, 0) is 4.74 Å². The van der Waals surface area contributed by atoms with E-state index in [9.17, 15) is 18.6 Å². The highest BCUT2D eigenvalue weighted by molar-refractivity contribution is 5.87. The standard InChI is InChI=1S/C41H68F3N3O/c1-5-27-7-9-28(10-8-27)21-30-14-15-31(23-36(30)41(42,43)44)38(29-12-13-29)39(46)32-11-6-25(2)35(22-32)40-26(3)20-34-17-16-33(24-47(34)40)37(45)18-19-48-4/h25-36,38,40,45-46H,5-24H2,1-4H3. The third-order valence-corrected chi connectivity index (χ3v) is 15.2. The van der Waals surface area contributed by atoms with Crippen molar-refractivity contribution in [2.24, 2.45) is 71.0 Å². The molecule has 0 aromatic carbocycles. The molecule has 6 fully saturated rings. The van der Waals surface area contributed by atoms with Crippen LogP contribution in [0.1, 0.15) is 136 Å². The minimum absolute atomic E-state index is 0.0252. The van der Waals surface area contributed by atoms with Gasteiger partial charge in [-0.05, 0) is 130 Å². The molecule has 0 radical (unpaired) electrons. The number of hydrogen-bond donors (Lipinski definition) is 2. The van der Waals surface area contributed by atoms with Crippen LogP contribution in [0.25, 0.3) is 0 Å². The van der Waals surface area contributed by atoms with Crippen LogP contribution in [0.4, 0.5) is 13.2 Å². The first-order chi connectivity index (χ1) is 23.0. The molecule has 0 aromatic rings. The van der Waals surface area contributed by atoms with Crippen molar-refractivity contribution in [2.75, 3.05) is 20.3 Å². The summed E-state index contributed by atoms with van der Waals surface area (Å²) in [7, 11) is 1.72. The maximum Gasteiger partial charge on any atom is 0.392 e. The average Bonchev–Trinajstić information content (AvgIpc) is 3.85. The Balaban J connectivity index is 1.12. The van der Waals surface area contributed by atoms with E-state index in [1.54, 1.807) is 7.11 Å². The number of hydrogen-bond acceptors (Lipinski definition) is 4. The summed E-state index contributed by atoms with van der Waals surface area (Å²) in [5.74, 6) is 2.65. The average molecular weight is 676 g/mol. The predicted molar refractivity (Wildman–Crippen MR) is 190 cm³/mol. The van der Waals surface area contributed by atoms with Gasteiger partial charge < -0.3 is 15.6 Å². The Labute approximate surface area is 290 Å². The Hall–Kier alpha value is -0.950. The minimum Gasteiger partial charge on any atom is -0.384 e. The van der Waals surface area contributed by atoms with Crippen LogP contribution >= 0.6 is 0 Å². The van der Waals surface area contributed by atoms with E-state index in [-0.39, 0.29) is 30.1 Å². The molecule has 0 spiro atoms. The summed E-state index contributed by atoms with van der Waals surface area (Å²) in [6, 6.07) is 1.11. The number of nitrogens with zero attached hydrogens (tertiary/aromatic N) is 1. The van der Waals surface area contributed by atoms with Gasteiger partial charge in [-0.15, -0.1) is 0 Å². The second kappa shape index (κ2) is 15.7. The summed E-state index contributed by atoms with van der Waals surface area (Å²) < 4.78 is 49.6. The van der Waals surface area contributed by atoms with Crippen LogP contribution < -0.4 is 0 Å². The zero-order valence-electron chi connectivity index (χ0n) is 30.7. The minimum atomic E-state index is -4.13. The van der Waals surface area contributed by atoms with Gasteiger partial charge in [-0.2, -0.15) is 13.2 Å². The van der Waals surface area contributed by atoms with Crippen LogP contribution in [-0.4, -0.2) is 54.8 Å². The molecule has 6 aliphatic rings. The van der Waals surface area contributed by atoms with Crippen molar-refractivity contribution in [1.82, 2.24) is 4.90 Å². The Morgan fingerprint density at radius 1 is 0.792 bits per heavy atom. The van der Waals surface area contributed by atoms with Gasteiger partial charge in [0.2, 0.25) is 0 Å². The summed E-state index contributed by atoms with van der Waals surface area (Å²) in [4.78, 5) is 2.79. The summed E-state index contributed by atoms with van der Waals surface area (Å²) >= 11 is 0. The molecule has 4 aliphatic carbocycles. The molecular weight excluding hydrogens is 607 g/mol. The van der Waals surface area contributed by atoms with Gasteiger partial charge in [0.15, 0.2) is 0 Å². The Morgan fingerprint density at radius 2 is 1.48 bits per heavy atom. The van der Waals surface area contributed by atoms with Crippen LogP contribution in [0.5, 0.6) is 0 Å². The van der Waals surface area contributed by atoms with Crippen molar-refractivity contribution >= 4 is 11.4 Å². The molecular formula is C41H68F3N3O. The molecule has 0 bridgehead atoms. The van der Waals surface area contributed by atoms with Crippen LogP contribution in [0.3, 0.4) is 0 Å². The first-order valence-electron chi connectivity index (χ1n) is 20.4. The van der Waals surface area contributed by atoms with Crippen molar-refractivity contribution in [3.05, 3.63) is 0 Å². The van der Waals surface area contributed by atoms with Crippen molar-refractivity contribution in [2.45, 2.75) is 155 Å². The fourth-order valence-electron chi connectivity index (χ4n) is 12.3. The zero-order chi connectivity index (χ0) is 34.2. The molecule has 4 saturated carbocycles. The van der Waals surface area contributed by atoms with E-state index in [0.717, 1.165) is 94.5 Å². The molecule has 11 atom stereocenters. The van der Waals surface area contributed by atoms with Gasteiger partial charge in [0.05, 0.1) is 12.5 Å². The van der Waals surface area contributed by atoms with Crippen molar-refractivity contribution in [1.29, 1.82) is 10.8 Å². The quantitative estimate of drug-likeness (QED) is 0.202. The number of ether oxygens (including phenoxy) is 1. The van der Waals surface area contributed by atoms with Gasteiger partial charge in [-0.3, -0.25) is 4.90 Å². The Kier molecular flexibility index (Phi) is 12.1. The third-order valence-electron chi connectivity index (χ3n) is 15.2. The van der Waals surface area contributed by atoms with Gasteiger partial charge in [0.25, 0.3) is 0 Å². The highest BCUT2D eigenvalue weighted by Crippen LogP contribution is 2.55. The zero-order valence-corrected chi connectivity index (χ0v) is 30.7. The van der Waals surface area contributed by atoms with E-state index < -0.39 is 12.1 Å². The van der Waals surface area contributed by atoms with Crippen molar-refractivity contribution in [3.63, 3.8) is 0 Å². The van der Waals surface area contributed by atoms with Gasteiger partial charge in [0.1, 0.15) is 0 Å². The number of fused-ring (bicyclic) bond motifs is 1. The number of halogens is 3. The van der Waals surface area contributed by atoms with Crippen molar-refractivity contribution < 1.29 is 17.9 Å². The number of rotatable bonds is 12. The van der Waals surface area contributed by atoms with Gasteiger partial charge >= 0.3 is 6.18 Å². The van der Waals surface area contributed by atoms with E-state index in [1.165, 1.54) is 32.1 Å². The second-order valence-corrected chi connectivity index (χ2v) is 18.1. The van der Waals surface area contributed by atoms with E-state index in [2.05, 4.69) is 25.7 Å². The molecule has 7 heteroatoms. The van der Waals surface area contributed by atoms with E-state index in [4.69, 9.17) is 10.1 Å². The van der Waals surface area contributed by atoms with Gasteiger partial charge in [-0.25, -0.2) is 0 Å². The third kappa shape index (κ3) is 8.23. The fraction of sp³-hybridized carbons (Fsp3) is 0.951. The first kappa shape index (κ1) is 36.8. The molecule has 2 saturated heterocycles. The lowest BCUT2D eigenvalue weighted by atomic mass is 9.61. The normalized spacial score (nSPS) is 41.9. The van der Waals surface area contributed by atoms with Crippen LogP contribution in [0.15, 0.2) is 0 Å². The highest BCUT2D eigenvalue weighted by atomic mass is 19.4. The molecule has 0 amide bonds. The number of alkyl halides is 3. The molecule has 2 aliphatic heterocycles. The van der Waals surface area contributed by atoms with Crippen LogP contribution in [0.2, 0.25) is 0 Å². The topological polar surface area (TPSA) is 60.2 Å². The molecule has 0 aromatic heterocycles. The number of piperidine rings is 1. The van der Waals surface area contributed by atoms with E-state index in [1.807, 2.05) is 0 Å². The lowest BCUT2D eigenvalue weighted by molar-refractivity contribution is -0.204. The largest absolute Gasteiger partial charge is 0.392 e. The Morgan fingerprint density at radius 3 is 2.15 bits per heavy atom. The first-order valence-corrected chi connectivity index (χ1v) is 20.4. The summed E-state index contributed by atoms with van der Waals surface area (Å²) in [6.45, 7) is 8.72. The maximum atomic E-state index is 14.8. The monoisotopic (exact) mass is 676 g/mol. The lowest BCUT2D eigenvalue weighted by Crippen LogP contribution is -2.51. The number of nitrogens with one attached hydrogen (secondary N) is 2. The summed E-state index contributed by atoms with van der Waals surface area (Å²) in [5.41, 5.74) is 1.68. The van der Waals surface area contributed by atoms with E-state index in [0.29, 0.717) is 60.6 Å². The molecule has 2 N–H and O–H groups in total. The summed E-state index contributed by atoms with van der Waals surface area (Å²) in [6.07, 6.45) is 14.0. The van der Waals surface area contributed by atoms with Crippen LogP contribution in [0, 0.1) is 81.8 Å². The molecule has 274 valence electrons. The summed E-state index contributed by atoms with van der Waals surface area (Å²) in [5, 5.41) is 18.5. The molecule has 48 heavy (non-hydrogen) atoms. The maximum absolute atomic E-state index is 14.8. The lowest BCUT2D eigenvalue weighted by Gasteiger charge is -2.47. The van der Waals surface area contributed by atoms with Crippen molar-refractivity contribution in [3.8, 4) is 0 Å². The number of methoxy groups -OCH3 is 1. The predicted octanol–water partition coefficient (Wildman–Crippen LogP) is 10.8. The smallest absolute Gasteiger partial charge is 0.384 e. The molecule has 4 nitrogen and oxygen atoms in total. The second-order valence-electron chi connectivity index (χ2n) is 18.1. The van der Waals surface area contributed by atoms with Gasteiger partial charge in [0, 0.05) is 55.4 Å². The SMILES string of the molecule is CCC1CCC(CC2CCC(C(C(=N)C3CCC(C)C(C4C(C)CC5CCC(C(=N)CCOC)CN54)C3)C3CC3)CC2C(F)(F)F)CC1.